The van der Waals surface area contributed by atoms with Gasteiger partial charge < -0.3 is 20.3 Å². The molecular formula is C22H29N7O4. The van der Waals surface area contributed by atoms with E-state index in [0.29, 0.717) is 31.3 Å². The van der Waals surface area contributed by atoms with Crippen LogP contribution in [0.15, 0.2) is 15.7 Å². The fourth-order valence-corrected chi connectivity index (χ4v) is 4.81. The van der Waals surface area contributed by atoms with Crippen LogP contribution in [-0.2, 0) is 20.1 Å². The summed E-state index contributed by atoms with van der Waals surface area (Å²) in [6.45, 7) is 6.85. The summed E-state index contributed by atoms with van der Waals surface area (Å²) in [4.78, 5) is 49.9. The highest BCUT2D eigenvalue weighted by Gasteiger charge is 2.32. The van der Waals surface area contributed by atoms with E-state index in [1.807, 2.05) is 31.7 Å². The zero-order chi connectivity index (χ0) is 24.0. The maximum atomic E-state index is 13.6. The zero-order valence-corrected chi connectivity index (χ0v) is 19.3. The summed E-state index contributed by atoms with van der Waals surface area (Å²) < 4.78 is 4.00. The molecule has 4 rings (SSSR count). The standard InChI is InChI=1S/C22H29N7O4/c1-5-28-18-17(16(21(31)32)19(28)27-8-6-7-14(23)10-27)26(4)22(33)29(20(18)30)11-15-24-12(2)9-13(3)25-15/h9,14H,5-8,10-11,23H2,1-4H3,(H,31,32)/t14-/m1/s1. The molecule has 3 aromatic heterocycles. The lowest BCUT2D eigenvalue weighted by molar-refractivity contribution is 0.0699. The SMILES string of the molecule is CCn1c(N2CCC[C@@H](N)C2)c(C(=O)O)c2c1c(=O)n(Cc1nc(C)cc(C)n1)c(=O)n2C. The van der Waals surface area contributed by atoms with Crippen LogP contribution in [-0.4, -0.2) is 53.9 Å². The molecule has 0 saturated carbocycles. The highest BCUT2D eigenvalue weighted by atomic mass is 16.4. The average molecular weight is 456 g/mol. The van der Waals surface area contributed by atoms with Crippen molar-refractivity contribution in [1.82, 2.24) is 23.7 Å². The van der Waals surface area contributed by atoms with Crippen LogP contribution in [0.3, 0.4) is 0 Å². The van der Waals surface area contributed by atoms with E-state index in [9.17, 15) is 19.5 Å². The molecule has 0 radical (unpaired) electrons. The first-order chi connectivity index (χ1) is 15.6. The number of hydrogen-bond acceptors (Lipinski definition) is 7. The van der Waals surface area contributed by atoms with Gasteiger partial charge >= 0.3 is 11.7 Å². The summed E-state index contributed by atoms with van der Waals surface area (Å²) in [5.74, 6) is -0.421. The van der Waals surface area contributed by atoms with Crippen molar-refractivity contribution in [2.24, 2.45) is 12.8 Å². The van der Waals surface area contributed by atoms with Crippen molar-refractivity contribution in [1.29, 1.82) is 0 Å². The number of rotatable bonds is 5. The third-order valence-corrected chi connectivity index (χ3v) is 6.13. The first-order valence-electron chi connectivity index (χ1n) is 11.0. The van der Waals surface area contributed by atoms with Crippen LogP contribution < -0.4 is 21.9 Å². The first-order valence-corrected chi connectivity index (χ1v) is 11.0. The zero-order valence-electron chi connectivity index (χ0n) is 19.3. The molecule has 1 fully saturated rings. The molecule has 0 amide bonds. The molecule has 11 heteroatoms. The number of nitrogens with two attached hydrogens (primary N) is 1. The molecule has 1 aliphatic heterocycles. The number of carboxylic acid groups (broad SMARTS) is 1. The highest BCUT2D eigenvalue weighted by Crippen LogP contribution is 2.32. The van der Waals surface area contributed by atoms with Gasteiger partial charge in [0.25, 0.3) is 5.56 Å². The van der Waals surface area contributed by atoms with Crippen molar-refractivity contribution in [3.05, 3.63) is 49.7 Å². The molecule has 4 heterocycles. The second-order valence-electron chi connectivity index (χ2n) is 8.59. The Hall–Kier alpha value is -3.47. The van der Waals surface area contributed by atoms with Gasteiger partial charge in [0.1, 0.15) is 22.7 Å². The van der Waals surface area contributed by atoms with Crippen molar-refractivity contribution in [3.8, 4) is 0 Å². The normalized spacial score (nSPS) is 16.5. The van der Waals surface area contributed by atoms with Crippen molar-refractivity contribution >= 4 is 22.8 Å². The minimum Gasteiger partial charge on any atom is -0.477 e. The van der Waals surface area contributed by atoms with Crippen molar-refractivity contribution in [2.75, 3.05) is 18.0 Å². The second-order valence-corrected chi connectivity index (χ2v) is 8.59. The summed E-state index contributed by atoms with van der Waals surface area (Å²) in [5, 5.41) is 10.1. The molecule has 0 aliphatic carbocycles. The van der Waals surface area contributed by atoms with Crippen LogP contribution in [0.5, 0.6) is 0 Å². The Labute approximate surface area is 190 Å². The van der Waals surface area contributed by atoms with E-state index in [1.165, 1.54) is 11.6 Å². The average Bonchev–Trinajstić information content (AvgIpc) is 3.10. The second kappa shape index (κ2) is 8.47. The number of carbonyl (C=O) groups is 1. The fourth-order valence-electron chi connectivity index (χ4n) is 4.81. The van der Waals surface area contributed by atoms with Gasteiger partial charge in [-0.15, -0.1) is 0 Å². The topological polar surface area (TPSA) is 141 Å². The van der Waals surface area contributed by atoms with Gasteiger partial charge in [-0.2, -0.15) is 0 Å². The third kappa shape index (κ3) is 3.82. The number of fused-ring (bicyclic) bond motifs is 1. The number of piperidine rings is 1. The molecule has 11 nitrogen and oxygen atoms in total. The Balaban J connectivity index is 2.02. The lowest BCUT2D eigenvalue weighted by Gasteiger charge is -2.33. The molecule has 3 N–H and O–H groups in total. The smallest absolute Gasteiger partial charge is 0.341 e. The van der Waals surface area contributed by atoms with E-state index in [2.05, 4.69) is 9.97 Å². The summed E-state index contributed by atoms with van der Waals surface area (Å²) in [6.07, 6.45) is 1.67. The van der Waals surface area contributed by atoms with E-state index < -0.39 is 17.2 Å². The maximum Gasteiger partial charge on any atom is 0.341 e. The molecular weight excluding hydrogens is 426 g/mol. The predicted octanol–water partition coefficient (Wildman–Crippen LogP) is 0.602. The molecule has 1 aliphatic rings. The van der Waals surface area contributed by atoms with Crippen LogP contribution in [0.1, 0.15) is 47.3 Å². The Morgan fingerprint density at radius 2 is 1.85 bits per heavy atom. The molecule has 1 atom stereocenters. The molecule has 33 heavy (non-hydrogen) atoms. The largest absolute Gasteiger partial charge is 0.477 e. The molecule has 0 unspecified atom stereocenters. The number of carboxylic acids is 1. The van der Waals surface area contributed by atoms with E-state index in [-0.39, 0.29) is 29.2 Å². The first kappa shape index (κ1) is 22.7. The van der Waals surface area contributed by atoms with Crippen LogP contribution in [0.25, 0.3) is 11.0 Å². The van der Waals surface area contributed by atoms with Crippen LogP contribution in [0, 0.1) is 13.8 Å². The lowest BCUT2D eigenvalue weighted by atomic mass is 10.1. The molecule has 0 aromatic carbocycles. The maximum absolute atomic E-state index is 13.6. The number of aromatic carboxylic acids is 1. The minimum absolute atomic E-state index is 0.0487. The van der Waals surface area contributed by atoms with Crippen LogP contribution in [0.2, 0.25) is 0 Å². The predicted molar refractivity (Wildman–Crippen MR) is 124 cm³/mol. The molecule has 0 bridgehead atoms. The molecule has 1 saturated heterocycles. The van der Waals surface area contributed by atoms with Crippen LogP contribution >= 0.6 is 0 Å². The fraction of sp³-hybridized carbons (Fsp3) is 0.500. The van der Waals surface area contributed by atoms with Crippen molar-refractivity contribution < 1.29 is 9.90 Å². The number of hydrogen-bond donors (Lipinski definition) is 2. The van der Waals surface area contributed by atoms with Crippen molar-refractivity contribution in [2.45, 2.75) is 52.7 Å². The third-order valence-electron chi connectivity index (χ3n) is 6.13. The Kier molecular flexibility index (Phi) is 5.83. The minimum atomic E-state index is -1.19. The van der Waals surface area contributed by atoms with Crippen molar-refractivity contribution in [3.63, 3.8) is 0 Å². The number of anilines is 1. The van der Waals surface area contributed by atoms with Crippen LogP contribution in [0.4, 0.5) is 5.82 Å². The summed E-state index contributed by atoms with van der Waals surface area (Å²) in [6, 6.07) is 1.72. The van der Waals surface area contributed by atoms with E-state index in [1.54, 1.807) is 4.57 Å². The number of nitrogens with zero attached hydrogens (tertiary/aromatic N) is 6. The summed E-state index contributed by atoms with van der Waals surface area (Å²) in [5.41, 5.74) is 6.69. The molecule has 3 aromatic rings. The number of aromatic nitrogens is 5. The van der Waals surface area contributed by atoms with Gasteiger partial charge in [0.2, 0.25) is 0 Å². The van der Waals surface area contributed by atoms with E-state index in [4.69, 9.17) is 5.73 Å². The Morgan fingerprint density at radius 3 is 2.42 bits per heavy atom. The van der Waals surface area contributed by atoms with Gasteiger partial charge in [0.05, 0.1) is 12.1 Å². The van der Waals surface area contributed by atoms with Gasteiger partial charge in [-0.1, -0.05) is 0 Å². The van der Waals surface area contributed by atoms with Gasteiger partial charge in [-0.05, 0) is 39.7 Å². The molecule has 176 valence electrons. The van der Waals surface area contributed by atoms with Gasteiger partial charge in [0, 0.05) is 44.1 Å². The highest BCUT2D eigenvalue weighted by molar-refractivity contribution is 6.07. The van der Waals surface area contributed by atoms with Gasteiger partial charge in [-0.3, -0.25) is 13.9 Å². The number of aryl methyl sites for hydroxylation is 4. The monoisotopic (exact) mass is 455 g/mol. The Bertz CT molecular complexity index is 1350. The lowest BCUT2D eigenvalue weighted by Crippen LogP contribution is -2.44. The molecule has 0 spiro atoms. The van der Waals surface area contributed by atoms with E-state index in [0.717, 1.165) is 28.8 Å². The Morgan fingerprint density at radius 1 is 1.18 bits per heavy atom. The van der Waals surface area contributed by atoms with Gasteiger partial charge in [-0.25, -0.2) is 19.6 Å². The van der Waals surface area contributed by atoms with E-state index >= 15 is 0 Å². The summed E-state index contributed by atoms with van der Waals surface area (Å²) in [7, 11) is 1.49. The van der Waals surface area contributed by atoms with Gasteiger partial charge in [0.15, 0.2) is 0 Å². The quantitative estimate of drug-likeness (QED) is 0.570. The summed E-state index contributed by atoms with van der Waals surface area (Å²) >= 11 is 0.